The Labute approximate surface area is 111 Å². The number of hydrogen-bond donors (Lipinski definition) is 1. The molecule has 5 nitrogen and oxygen atoms in total. The first-order valence-electron chi connectivity index (χ1n) is 6.23. The van der Waals surface area contributed by atoms with Crippen LogP contribution in [0.5, 0.6) is 11.5 Å². The second kappa shape index (κ2) is 5.73. The Kier molecular flexibility index (Phi) is 4.04. The molecule has 1 N–H and O–H groups in total. The van der Waals surface area contributed by atoms with Crippen LogP contribution in [0, 0.1) is 5.92 Å². The van der Waals surface area contributed by atoms with Crippen LogP contribution >= 0.6 is 0 Å². The molecule has 0 bridgehead atoms. The van der Waals surface area contributed by atoms with Crippen LogP contribution in [0.2, 0.25) is 0 Å². The van der Waals surface area contributed by atoms with Gasteiger partial charge >= 0.3 is 5.97 Å². The molecule has 0 radical (unpaired) electrons. The molecule has 5 heteroatoms. The van der Waals surface area contributed by atoms with Crippen molar-refractivity contribution in [1.82, 2.24) is 0 Å². The number of aliphatic carboxylic acids is 1. The van der Waals surface area contributed by atoms with E-state index in [4.69, 9.17) is 14.6 Å². The van der Waals surface area contributed by atoms with Crippen molar-refractivity contribution in [2.24, 2.45) is 5.92 Å². The molecular formula is C14H16O5. The highest BCUT2D eigenvalue weighted by Gasteiger charge is 2.21. The monoisotopic (exact) mass is 264 g/mol. The first kappa shape index (κ1) is 13.4. The van der Waals surface area contributed by atoms with E-state index in [-0.39, 0.29) is 0 Å². The van der Waals surface area contributed by atoms with Crippen molar-refractivity contribution in [3.63, 3.8) is 0 Å². The molecule has 102 valence electrons. The fraction of sp³-hybridized carbons (Fsp3) is 0.429. The zero-order valence-corrected chi connectivity index (χ0v) is 10.7. The van der Waals surface area contributed by atoms with Crippen LogP contribution in [0.1, 0.15) is 29.3 Å². The van der Waals surface area contributed by atoms with Crippen molar-refractivity contribution in [1.29, 1.82) is 0 Å². The number of carbonyl (C=O) groups is 2. The lowest BCUT2D eigenvalue weighted by Gasteiger charge is -2.15. The highest BCUT2D eigenvalue weighted by Crippen LogP contribution is 2.37. The third-order valence-corrected chi connectivity index (χ3v) is 3.08. The van der Waals surface area contributed by atoms with Gasteiger partial charge in [0, 0.05) is 6.42 Å². The van der Waals surface area contributed by atoms with Crippen LogP contribution < -0.4 is 9.47 Å². The summed E-state index contributed by atoms with van der Waals surface area (Å²) in [5.74, 6) is -0.432. The number of rotatable bonds is 4. The Morgan fingerprint density at radius 2 is 2.05 bits per heavy atom. The predicted molar refractivity (Wildman–Crippen MR) is 67.9 cm³/mol. The zero-order chi connectivity index (χ0) is 13.8. The zero-order valence-electron chi connectivity index (χ0n) is 10.7. The molecular weight excluding hydrogens is 248 g/mol. The van der Waals surface area contributed by atoms with Crippen LogP contribution in [0.15, 0.2) is 12.1 Å². The number of carbonyl (C=O) groups excluding carboxylic acids is 1. The average molecular weight is 264 g/mol. The summed E-state index contributed by atoms with van der Waals surface area (Å²) in [5, 5.41) is 8.98. The Balaban J connectivity index is 2.39. The van der Waals surface area contributed by atoms with Gasteiger partial charge in [0.15, 0.2) is 17.8 Å². The van der Waals surface area contributed by atoms with E-state index in [2.05, 4.69) is 0 Å². The van der Waals surface area contributed by atoms with Crippen LogP contribution in [-0.2, 0) is 11.2 Å². The molecule has 1 unspecified atom stereocenters. The van der Waals surface area contributed by atoms with Crippen LogP contribution in [0.25, 0.3) is 0 Å². The van der Waals surface area contributed by atoms with E-state index < -0.39 is 11.9 Å². The van der Waals surface area contributed by atoms with Crippen molar-refractivity contribution in [2.45, 2.75) is 19.8 Å². The molecule has 0 saturated carbocycles. The van der Waals surface area contributed by atoms with E-state index in [1.165, 1.54) is 0 Å². The molecule has 2 rings (SSSR count). The summed E-state index contributed by atoms with van der Waals surface area (Å²) in [6.07, 6.45) is 1.80. The summed E-state index contributed by atoms with van der Waals surface area (Å²) in [6.45, 7) is 2.63. The fourth-order valence-corrected chi connectivity index (χ4v) is 2.00. The number of carboxylic acids is 1. The molecule has 0 aliphatic carbocycles. The van der Waals surface area contributed by atoms with Crippen molar-refractivity contribution in [3.05, 3.63) is 23.3 Å². The van der Waals surface area contributed by atoms with Crippen molar-refractivity contribution >= 4 is 12.3 Å². The van der Waals surface area contributed by atoms with E-state index in [9.17, 15) is 9.59 Å². The molecule has 0 amide bonds. The van der Waals surface area contributed by atoms with Crippen LogP contribution in [0.3, 0.4) is 0 Å². The van der Waals surface area contributed by atoms with Gasteiger partial charge in [-0.05, 0) is 18.1 Å². The number of hydrogen-bond acceptors (Lipinski definition) is 4. The molecule has 1 heterocycles. The standard InChI is InChI=1S/C14H16O5/c1-9(14(16)17)7-10-3-4-11(8-15)13-12(10)18-5-2-6-19-13/h3-4,8-9H,2,5-7H2,1H3,(H,16,17). The normalized spacial score (nSPS) is 15.4. The number of fused-ring (bicyclic) bond motifs is 1. The van der Waals surface area contributed by atoms with E-state index >= 15 is 0 Å². The highest BCUT2D eigenvalue weighted by molar-refractivity contribution is 5.82. The number of benzene rings is 1. The van der Waals surface area contributed by atoms with Gasteiger partial charge in [0.05, 0.1) is 24.7 Å². The van der Waals surface area contributed by atoms with Gasteiger partial charge in [-0.3, -0.25) is 9.59 Å². The minimum Gasteiger partial charge on any atom is -0.489 e. The molecule has 0 aromatic heterocycles. The smallest absolute Gasteiger partial charge is 0.306 e. The molecule has 0 saturated heterocycles. The first-order chi connectivity index (χ1) is 9.13. The second-order valence-electron chi connectivity index (χ2n) is 4.58. The minimum atomic E-state index is -0.859. The van der Waals surface area contributed by atoms with Gasteiger partial charge in [0.2, 0.25) is 0 Å². The Hall–Kier alpha value is -2.04. The summed E-state index contributed by atoms with van der Waals surface area (Å²) in [7, 11) is 0. The molecule has 0 fully saturated rings. The van der Waals surface area contributed by atoms with Gasteiger partial charge in [-0.15, -0.1) is 0 Å². The molecule has 1 aliphatic rings. The summed E-state index contributed by atoms with van der Waals surface area (Å²) in [5.41, 5.74) is 1.20. The Bertz CT molecular complexity index is 495. The minimum absolute atomic E-state index is 0.347. The third kappa shape index (κ3) is 2.86. The largest absolute Gasteiger partial charge is 0.489 e. The highest BCUT2D eigenvalue weighted by atomic mass is 16.5. The molecule has 1 atom stereocenters. The number of aldehydes is 1. The van der Waals surface area contributed by atoms with Crippen molar-refractivity contribution in [2.75, 3.05) is 13.2 Å². The summed E-state index contributed by atoms with van der Waals surface area (Å²) < 4.78 is 11.2. The van der Waals surface area contributed by atoms with E-state index in [0.717, 1.165) is 18.3 Å². The lowest BCUT2D eigenvalue weighted by atomic mass is 9.98. The van der Waals surface area contributed by atoms with Crippen molar-refractivity contribution < 1.29 is 24.2 Å². The Morgan fingerprint density at radius 1 is 1.37 bits per heavy atom. The van der Waals surface area contributed by atoms with Gasteiger partial charge in [-0.25, -0.2) is 0 Å². The lowest BCUT2D eigenvalue weighted by Crippen LogP contribution is -2.13. The van der Waals surface area contributed by atoms with Gasteiger partial charge in [0.25, 0.3) is 0 Å². The maximum Gasteiger partial charge on any atom is 0.306 e. The van der Waals surface area contributed by atoms with Crippen molar-refractivity contribution in [3.8, 4) is 11.5 Å². The Morgan fingerprint density at radius 3 is 2.68 bits per heavy atom. The lowest BCUT2D eigenvalue weighted by molar-refractivity contribution is -0.141. The topological polar surface area (TPSA) is 72.8 Å². The molecule has 1 aromatic rings. The molecule has 19 heavy (non-hydrogen) atoms. The van der Waals surface area contributed by atoms with Crippen LogP contribution in [0.4, 0.5) is 0 Å². The quantitative estimate of drug-likeness (QED) is 0.841. The summed E-state index contributed by atoms with van der Waals surface area (Å²) >= 11 is 0. The maximum atomic E-state index is 11.0. The fourth-order valence-electron chi connectivity index (χ4n) is 2.00. The summed E-state index contributed by atoms with van der Waals surface area (Å²) in [6, 6.07) is 3.38. The molecule has 1 aliphatic heterocycles. The van der Waals surface area contributed by atoms with E-state index in [0.29, 0.717) is 36.7 Å². The van der Waals surface area contributed by atoms with Gasteiger partial charge < -0.3 is 14.6 Å². The predicted octanol–water partition coefficient (Wildman–Crippen LogP) is 1.92. The van der Waals surface area contributed by atoms with Gasteiger partial charge in [-0.1, -0.05) is 13.0 Å². The van der Waals surface area contributed by atoms with E-state index in [1.54, 1.807) is 19.1 Å². The number of ether oxygens (including phenoxy) is 2. The molecule has 1 aromatic carbocycles. The SMILES string of the molecule is CC(Cc1ccc(C=O)c2c1OCCCO2)C(=O)O. The average Bonchev–Trinajstić information content (AvgIpc) is 2.64. The maximum absolute atomic E-state index is 11.0. The first-order valence-corrected chi connectivity index (χ1v) is 6.23. The third-order valence-electron chi connectivity index (χ3n) is 3.08. The van der Waals surface area contributed by atoms with Crippen LogP contribution in [-0.4, -0.2) is 30.6 Å². The summed E-state index contributed by atoms with van der Waals surface area (Å²) in [4.78, 5) is 21.9. The second-order valence-corrected chi connectivity index (χ2v) is 4.58. The van der Waals surface area contributed by atoms with E-state index in [1.807, 2.05) is 0 Å². The number of carboxylic acid groups (broad SMARTS) is 1. The molecule has 0 spiro atoms. The van der Waals surface area contributed by atoms with Gasteiger partial charge in [0.1, 0.15) is 0 Å². The van der Waals surface area contributed by atoms with Gasteiger partial charge in [-0.2, -0.15) is 0 Å².